The van der Waals surface area contributed by atoms with Gasteiger partial charge in [-0.25, -0.2) is 0 Å². The van der Waals surface area contributed by atoms with Crippen LogP contribution in [-0.4, -0.2) is 66.8 Å². The summed E-state index contributed by atoms with van der Waals surface area (Å²) in [7, 11) is 2.01. The Morgan fingerprint density at radius 2 is 2.02 bits per heavy atom. The minimum atomic E-state index is -0.595. The highest BCUT2D eigenvalue weighted by molar-refractivity contribution is 7.34. The lowest BCUT2D eigenvalue weighted by Gasteiger charge is -2.56. The average Bonchev–Trinajstić information content (AvgIpc) is 3.34. The molecule has 1 spiro atoms. The van der Waals surface area contributed by atoms with E-state index in [1.54, 1.807) is 0 Å². The van der Waals surface area contributed by atoms with Crippen LogP contribution in [0.15, 0.2) is 24.3 Å². The van der Waals surface area contributed by atoms with E-state index < -0.39 is 18.2 Å². The van der Waals surface area contributed by atoms with Gasteiger partial charge >= 0.3 is 12.4 Å². The molecule has 12 heteroatoms. The van der Waals surface area contributed by atoms with Crippen LogP contribution in [0.25, 0.3) is 0 Å². The predicted molar refractivity (Wildman–Crippen MR) is 152 cm³/mol. The Kier molecular flexibility index (Phi) is 8.21. The fraction of sp³-hybridized carbons (Fsp3) is 0.621. The first-order valence-corrected chi connectivity index (χ1v) is 16.2. The third-order valence-electron chi connectivity index (χ3n) is 9.83. The number of esters is 1. The van der Waals surface area contributed by atoms with Crippen molar-refractivity contribution < 1.29 is 38.0 Å². The minimum Gasteiger partial charge on any atom is -0.484 e. The number of rotatable bonds is 11. The fourth-order valence-corrected chi connectivity index (χ4v) is 9.22. The molecule has 0 radical (unpaired) electrons. The van der Waals surface area contributed by atoms with Crippen LogP contribution in [-0.2, 0) is 45.1 Å². The van der Waals surface area contributed by atoms with Gasteiger partial charge < -0.3 is 19.7 Å². The Labute approximate surface area is 242 Å². The zero-order valence-corrected chi connectivity index (χ0v) is 25.0. The van der Waals surface area contributed by atoms with E-state index in [0.29, 0.717) is 23.6 Å². The molecule has 1 saturated heterocycles. The summed E-state index contributed by atoms with van der Waals surface area (Å²) >= 11 is 0. The fourth-order valence-electron chi connectivity index (χ4n) is 7.85. The molecule has 41 heavy (non-hydrogen) atoms. The highest BCUT2D eigenvalue weighted by Crippen LogP contribution is 2.60. The average molecular weight is 603 g/mol. The largest absolute Gasteiger partial charge is 0.484 e. The van der Waals surface area contributed by atoms with Gasteiger partial charge in [0.05, 0.1) is 20.5 Å². The van der Waals surface area contributed by atoms with Crippen LogP contribution in [0, 0.1) is 5.92 Å². The minimum absolute atomic E-state index is 0.00982. The van der Waals surface area contributed by atoms with Crippen LogP contribution in [0.3, 0.4) is 0 Å². The number of nitrogens with one attached hydrogen (secondary N) is 1. The second-order valence-corrected chi connectivity index (χ2v) is 14.1. The van der Waals surface area contributed by atoms with Crippen molar-refractivity contribution >= 4 is 40.9 Å². The second-order valence-electron chi connectivity index (χ2n) is 12.0. The van der Waals surface area contributed by atoms with Gasteiger partial charge in [-0.1, -0.05) is 31.4 Å². The molecule has 1 N–H and O–H groups in total. The summed E-state index contributed by atoms with van der Waals surface area (Å²) in [6, 6.07) is 4.27. The number of hydrogen-bond acceptors (Lipinski definition) is 9. The van der Waals surface area contributed by atoms with Gasteiger partial charge in [-0.2, -0.15) is 4.67 Å². The molecule has 2 heterocycles. The molecule has 3 unspecified atom stereocenters. The molecule has 10 nitrogen and oxygen atoms in total. The number of carbonyl (C=O) groups is 3. The Bertz CT molecular complexity index is 1250. The molecule has 1 aromatic rings. The van der Waals surface area contributed by atoms with Crippen molar-refractivity contribution in [1.82, 2.24) is 10.2 Å². The van der Waals surface area contributed by atoms with Gasteiger partial charge in [-0.3, -0.25) is 23.8 Å². The van der Waals surface area contributed by atoms with Crippen molar-refractivity contribution in [2.45, 2.75) is 86.6 Å². The molecule has 1 aromatic carbocycles. The van der Waals surface area contributed by atoms with Crippen LogP contribution in [0.2, 0.25) is 0 Å². The molecule has 1 amide bonds. The van der Waals surface area contributed by atoms with Crippen molar-refractivity contribution in [2.24, 2.45) is 5.92 Å². The number of likely N-dealkylation sites (N-methyl/N-ethyl adjacent to an activating group) is 1. The molecule has 2 bridgehead atoms. The standard InChI is InChI=1S/C29H36N2O8P2/c1-31-14-13-29-19-6-7-21(27(29)38-26-22(40-35)8-5-18(25(26)29)15-20(19)31)37-24(34)10-9-23(33)30-16-28(41-39-36-17-32)11-3-2-4-12-28/h5-8,17,19-21,27,41H,2-4,9-16H2,1H3,(H,30,33)/t19-,20+,21?,27?,29-/m0/s1. The predicted octanol–water partition coefficient (Wildman–Crippen LogP) is 3.26. The molecular formula is C29H36N2O8P2. The summed E-state index contributed by atoms with van der Waals surface area (Å²) in [4.78, 5) is 43.0. The monoisotopic (exact) mass is 602 g/mol. The number of likely N-dealkylation sites (tertiary alicyclic amines) is 1. The van der Waals surface area contributed by atoms with E-state index in [2.05, 4.69) is 34.3 Å². The third kappa shape index (κ3) is 5.11. The molecule has 1 saturated carbocycles. The van der Waals surface area contributed by atoms with Crippen LogP contribution >= 0.6 is 17.3 Å². The molecule has 5 aliphatic rings. The van der Waals surface area contributed by atoms with E-state index in [1.165, 1.54) is 5.56 Å². The maximum absolute atomic E-state index is 13.0. The van der Waals surface area contributed by atoms with Crippen LogP contribution in [0.5, 0.6) is 5.75 Å². The van der Waals surface area contributed by atoms with Crippen LogP contribution in [0.4, 0.5) is 0 Å². The SMILES string of the molecule is CN1CC[C@]23c4c5ccc(P=O)c4OC2C(OC(=O)CCC(=O)NCC2(POOC=O)CCCCC2)C=C[C@H]3[C@H]1C5. The summed E-state index contributed by atoms with van der Waals surface area (Å²) in [5, 5.41) is 3.32. The zero-order valence-electron chi connectivity index (χ0n) is 23.1. The lowest BCUT2D eigenvalue weighted by molar-refractivity contribution is -0.191. The molecule has 6 rings (SSSR count). The first-order valence-electron chi connectivity index (χ1n) is 14.4. The molecular weight excluding hydrogens is 566 g/mol. The Morgan fingerprint density at radius 3 is 2.80 bits per heavy atom. The number of ether oxygens (including phenoxy) is 2. The van der Waals surface area contributed by atoms with Crippen LogP contribution in [0.1, 0.15) is 62.5 Å². The van der Waals surface area contributed by atoms with E-state index in [0.717, 1.165) is 57.1 Å². The molecule has 220 valence electrons. The van der Waals surface area contributed by atoms with Crippen molar-refractivity contribution in [3.63, 3.8) is 0 Å². The van der Waals surface area contributed by atoms with Gasteiger partial charge in [0, 0.05) is 41.1 Å². The Morgan fingerprint density at radius 1 is 1.20 bits per heavy atom. The van der Waals surface area contributed by atoms with Gasteiger partial charge in [0.25, 0.3) is 0 Å². The van der Waals surface area contributed by atoms with Crippen molar-refractivity contribution in [3.8, 4) is 5.75 Å². The van der Waals surface area contributed by atoms with E-state index in [4.69, 9.17) is 14.1 Å². The van der Waals surface area contributed by atoms with Gasteiger partial charge in [0.15, 0.2) is 14.6 Å². The van der Waals surface area contributed by atoms with Crippen LogP contribution < -0.4 is 15.4 Å². The van der Waals surface area contributed by atoms with Gasteiger partial charge in [-0.05, 0) is 57.0 Å². The topological polar surface area (TPSA) is 120 Å². The van der Waals surface area contributed by atoms with Gasteiger partial charge in [0.2, 0.25) is 5.91 Å². The van der Waals surface area contributed by atoms with Crippen molar-refractivity contribution in [2.75, 3.05) is 20.1 Å². The van der Waals surface area contributed by atoms with E-state index in [1.807, 2.05) is 12.1 Å². The lowest BCUT2D eigenvalue weighted by Crippen LogP contribution is -2.65. The number of benzene rings is 1. The third-order valence-corrected chi connectivity index (χ3v) is 11.7. The van der Waals surface area contributed by atoms with E-state index in [-0.39, 0.29) is 59.0 Å². The first kappa shape index (κ1) is 28.7. The zero-order chi connectivity index (χ0) is 28.6. The molecule has 2 aliphatic heterocycles. The second kappa shape index (κ2) is 11.7. The molecule has 3 aliphatic carbocycles. The number of carbonyl (C=O) groups excluding carboxylic acids is 3. The normalized spacial score (nSPS) is 31.0. The number of hydrogen-bond donors (Lipinski definition) is 1. The molecule has 0 aromatic heterocycles. The highest BCUT2D eigenvalue weighted by Gasteiger charge is 2.65. The van der Waals surface area contributed by atoms with E-state index in [9.17, 15) is 18.9 Å². The molecule has 6 atom stereocenters. The van der Waals surface area contributed by atoms with E-state index >= 15 is 0 Å². The van der Waals surface area contributed by atoms with Crippen molar-refractivity contribution in [1.29, 1.82) is 0 Å². The molecule has 2 fully saturated rings. The van der Waals surface area contributed by atoms with Crippen molar-refractivity contribution in [3.05, 3.63) is 35.4 Å². The summed E-state index contributed by atoms with van der Waals surface area (Å²) in [5.74, 6) is 0.211. The Hall–Kier alpha value is -2.38. The quantitative estimate of drug-likeness (QED) is 0.0774. The maximum atomic E-state index is 13.0. The highest BCUT2D eigenvalue weighted by atomic mass is 31.1. The summed E-state index contributed by atoms with van der Waals surface area (Å²) in [6.07, 6.45) is 9.80. The summed E-state index contributed by atoms with van der Waals surface area (Å²) in [5.41, 5.74) is 2.03. The Balaban J connectivity index is 1.10. The number of amides is 1. The maximum Gasteiger partial charge on any atom is 0.331 e. The van der Waals surface area contributed by atoms with Gasteiger partial charge in [0.1, 0.15) is 11.9 Å². The first-order chi connectivity index (χ1) is 19.9. The number of piperidine rings is 1. The lowest BCUT2D eigenvalue weighted by atomic mass is 9.53. The summed E-state index contributed by atoms with van der Waals surface area (Å²) in [6.45, 7) is 1.57. The van der Waals surface area contributed by atoms with Gasteiger partial charge in [-0.15, -0.1) is 0 Å². The summed E-state index contributed by atoms with van der Waals surface area (Å²) < 4.78 is 29.6. The smallest absolute Gasteiger partial charge is 0.331 e. The number of nitrogens with zero attached hydrogens (tertiary/aromatic N) is 1.